The Labute approximate surface area is 83.4 Å². The first-order valence-electron chi connectivity index (χ1n) is 0.651. The van der Waals surface area contributed by atoms with Crippen LogP contribution in [0.4, 0.5) is 4.79 Å². The van der Waals surface area contributed by atoms with Gasteiger partial charge < -0.3 is 35.0 Å². The molecule has 0 spiro atoms. The van der Waals surface area contributed by atoms with E-state index in [4.69, 9.17) is 15.0 Å². The topological polar surface area (TPSA) is 57.5 Å². The molecule has 3 nitrogen and oxygen atoms in total. The number of rotatable bonds is 0. The SMILES string of the molecule is O=C(O)O.[Cl-].[Cl-].[Li+].[Li+]. The monoisotopic (exact) mass is 146 g/mol. The van der Waals surface area contributed by atoms with Crippen molar-refractivity contribution in [1.29, 1.82) is 0 Å². The van der Waals surface area contributed by atoms with E-state index in [1.165, 1.54) is 0 Å². The molecule has 0 atom stereocenters. The van der Waals surface area contributed by atoms with Gasteiger partial charge in [-0.2, -0.15) is 0 Å². The number of hydrogen-bond acceptors (Lipinski definition) is 1. The fourth-order valence-electron chi connectivity index (χ4n) is 0. The van der Waals surface area contributed by atoms with E-state index < -0.39 is 6.16 Å². The van der Waals surface area contributed by atoms with Crippen molar-refractivity contribution in [3.05, 3.63) is 0 Å². The Morgan fingerprint density at radius 3 is 1.00 bits per heavy atom. The van der Waals surface area contributed by atoms with Crippen molar-refractivity contribution in [1.82, 2.24) is 0 Å². The van der Waals surface area contributed by atoms with E-state index in [1.807, 2.05) is 0 Å². The molecule has 0 unspecified atom stereocenters. The fourth-order valence-corrected chi connectivity index (χ4v) is 0. The number of carboxylic acid groups (broad SMARTS) is 2. The normalized spacial score (nSPS) is 3.00. The van der Waals surface area contributed by atoms with E-state index in [9.17, 15) is 0 Å². The first-order chi connectivity index (χ1) is 1.73. The first-order valence-corrected chi connectivity index (χ1v) is 0.651. The molecule has 0 aromatic heterocycles. The average Bonchev–Trinajstić information content (AvgIpc) is 0.811. The van der Waals surface area contributed by atoms with Gasteiger partial charge in [-0.1, -0.05) is 0 Å². The molecule has 8 heavy (non-hydrogen) atoms. The summed E-state index contributed by atoms with van der Waals surface area (Å²) in [5.74, 6) is 0. The molecule has 2 N–H and O–H groups in total. The zero-order chi connectivity index (χ0) is 3.58. The average molecular weight is 147 g/mol. The Morgan fingerprint density at radius 1 is 1.00 bits per heavy atom. The molecule has 0 amide bonds. The maximum atomic E-state index is 8.56. The molecular formula is CH2Cl2Li2O3. The van der Waals surface area contributed by atoms with Crippen LogP contribution in [0, 0.1) is 0 Å². The molecule has 0 heterocycles. The molecule has 0 bridgehead atoms. The van der Waals surface area contributed by atoms with E-state index in [0.29, 0.717) is 0 Å². The summed E-state index contributed by atoms with van der Waals surface area (Å²) in [5.41, 5.74) is 0. The summed E-state index contributed by atoms with van der Waals surface area (Å²) in [6.07, 6.45) is -1.83. The molecule has 0 radical (unpaired) electrons. The Morgan fingerprint density at radius 2 is 1.00 bits per heavy atom. The van der Waals surface area contributed by atoms with Gasteiger partial charge in [0, 0.05) is 0 Å². The van der Waals surface area contributed by atoms with Crippen molar-refractivity contribution in [3.63, 3.8) is 0 Å². The second-order valence-electron chi connectivity index (χ2n) is 0.283. The van der Waals surface area contributed by atoms with Gasteiger partial charge in [0.1, 0.15) is 0 Å². The second-order valence-corrected chi connectivity index (χ2v) is 0.283. The summed E-state index contributed by atoms with van der Waals surface area (Å²) >= 11 is 0. The Hall–Kier alpha value is 1.04. The van der Waals surface area contributed by atoms with Gasteiger partial charge in [-0.25, -0.2) is 4.79 Å². The minimum absolute atomic E-state index is 0. The van der Waals surface area contributed by atoms with Gasteiger partial charge in [0.05, 0.1) is 0 Å². The quantitative estimate of drug-likeness (QED) is 0.334. The molecule has 0 aromatic carbocycles. The van der Waals surface area contributed by atoms with Gasteiger partial charge in [-0.3, -0.25) is 0 Å². The molecule has 0 aliphatic carbocycles. The molecule has 0 fully saturated rings. The predicted molar refractivity (Wildman–Crippen MR) is 10.7 cm³/mol. The number of hydrogen-bond donors (Lipinski definition) is 2. The van der Waals surface area contributed by atoms with Crippen LogP contribution in [0.1, 0.15) is 0 Å². The second kappa shape index (κ2) is 24.4. The van der Waals surface area contributed by atoms with Crippen LogP contribution in [0.25, 0.3) is 0 Å². The standard InChI is InChI=1S/CH2O3.2ClH.2Li/c2-1(3)4;;;;/h(H2,2,3,4);2*1H;;/q;;;2*+1/p-2. The van der Waals surface area contributed by atoms with Crippen LogP contribution in [0.15, 0.2) is 0 Å². The van der Waals surface area contributed by atoms with Crippen molar-refractivity contribution in [2.75, 3.05) is 0 Å². The minimum Gasteiger partial charge on any atom is -1.00 e. The predicted octanol–water partition coefficient (Wildman–Crippen LogP) is -11.8. The van der Waals surface area contributed by atoms with Crippen LogP contribution in [-0.4, -0.2) is 16.4 Å². The first kappa shape index (κ1) is 35.8. The maximum absolute atomic E-state index is 8.56. The number of halogens is 2. The van der Waals surface area contributed by atoms with Gasteiger partial charge in [-0.15, -0.1) is 0 Å². The molecule has 0 rings (SSSR count). The summed E-state index contributed by atoms with van der Waals surface area (Å²) in [4.78, 5) is 8.56. The van der Waals surface area contributed by atoms with Crippen molar-refractivity contribution in [3.8, 4) is 0 Å². The van der Waals surface area contributed by atoms with Gasteiger partial charge >= 0.3 is 43.9 Å². The van der Waals surface area contributed by atoms with Crippen LogP contribution in [-0.2, 0) is 0 Å². The Kier molecular flexibility index (Phi) is 109. The van der Waals surface area contributed by atoms with Gasteiger partial charge in [0.2, 0.25) is 0 Å². The van der Waals surface area contributed by atoms with E-state index in [2.05, 4.69) is 0 Å². The Balaban J connectivity index is -0.00000000750. The van der Waals surface area contributed by atoms with Crippen LogP contribution >= 0.6 is 0 Å². The number of carbonyl (C=O) groups is 1. The molecule has 40 valence electrons. The van der Waals surface area contributed by atoms with E-state index in [0.717, 1.165) is 0 Å². The fraction of sp³-hybridized carbons (Fsp3) is 0. The molecule has 0 aliphatic heterocycles. The third-order valence-electron chi connectivity index (χ3n) is 0. The maximum Gasteiger partial charge on any atom is 1.00 e. The minimum atomic E-state index is -1.83. The van der Waals surface area contributed by atoms with Crippen LogP contribution in [0.3, 0.4) is 0 Å². The summed E-state index contributed by atoms with van der Waals surface area (Å²) in [5, 5.41) is 13.9. The Bertz CT molecular complexity index is 38.3. The van der Waals surface area contributed by atoms with Crippen molar-refractivity contribution >= 4 is 6.16 Å². The van der Waals surface area contributed by atoms with E-state index in [1.54, 1.807) is 0 Å². The zero-order valence-electron chi connectivity index (χ0n) is 4.56. The molecule has 0 saturated carbocycles. The van der Waals surface area contributed by atoms with Crippen molar-refractivity contribution in [2.24, 2.45) is 0 Å². The largest absolute Gasteiger partial charge is 1.00 e. The van der Waals surface area contributed by atoms with Gasteiger partial charge in [0.15, 0.2) is 0 Å². The van der Waals surface area contributed by atoms with E-state index >= 15 is 0 Å². The molecule has 0 aliphatic rings. The molecular weight excluding hydrogens is 145 g/mol. The van der Waals surface area contributed by atoms with Crippen LogP contribution < -0.4 is 62.5 Å². The molecule has 7 heteroatoms. The molecule has 0 aromatic rings. The van der Waals surface area contributed by atoms with Gasteiger partial charge in [0.25, 0.3) is 0 Å². The summed E-state index contributed by atoms with van der Waals surface area (Å²) in [6, 6.07) is 0. The van der Waals surface area contributed by atoms with Crippen LogP contribution in [0.2, 0.25) is 0 Å². The van der Waals surface area contributed by atoms with Crippen molar-refractivity contribution < 1.29 is 77.5 Å². The summed E-state index contributed by atoms with van der Waals surface area (Å²) in [6.45, 7) is 0. The molecule has 0 saturated heterocycles. The van der Waals surface area contributed by atoms with Crippen molar-refractivity contribution in [2.45, 2.75) is 0 Å². The third-order valence-corrected chi connectivity index (χ3v) is 0. The van der Waals surface area contributed by atoms with Crippen LogP contribution in [0.5, 0.6) is 0 Å². The van der Waals surface area contributed by atoms with E-state index in [-0.39, 0.29) is 62.5 Å². The third kappa shape index (κ3) is 236. The smallest absolute Gasteiger partial charge is 1.00 e. The van der Waals surface area contributed by atoms with Gasteiger partial charge in [-0.05, 0) is 0 Å². The summed E-state index contributed by atoms with van der Waals surface area (Å²) < 4.78 is 0. The zero-order valence-corrected chi connectivity index (χ0v) is 6.07. The summed E-state index contributed by atoms with van der Waals surface area (Å²) in [7, 11) is 0.